The number of nitro groups is 1. The van der Waals surface area contributed by atoms with Crippen molar-refractivity contribution in [3.8, 4) is 17.3 Å². The number of rotatable bonds is 5. The number of benzene rings is 3. The molecule has 2 aromatic heterocycles. The lowest BCUT2D eigenvalue weighted by atomic mass is 10.2. The number of fused-ring (bicyclic) bond motifs is 2. The van der Waals surface area contributed by atoms with Crippen molar-refractivity contribution in [1.29, 1.82) is 0 Å². The first-order valence-corrected chi connectivity index (χ1v) is 10.9. The fourth-order valence-electron chi connectivity index (χ4n) is 3.64. The van der Waals surface area contributed by atoms with Gasteiger partial charge in [-0.2, -0.15) is 9.78 Å². The number of para-hydroxylation sites is 1. The highest BCUT2D eigenvalue weighted by molar-refractivity contribution is 6.31. The molecule has 0 radical (unpaired) electrons. The van der Waals surface area contributed by atoms with Gasteiger partial charge in [0.25, 0.3) is 5.56 Å². The van der Waals surface area contributed by atoms with Crippen molar-refractivity contribution in [1.82, 2.24) is 9.66 Å². The molecular formula is C25H15ClN4O6. The van der Waals surface area contributed by atoms with Crippen molar-refractivity contribution >= 4 is 51.3 Å². The standard InChI is InChI=1S/C25H15ClN4O6/c1-14(31)35-22-8-6-15(10-20(22)30(33)34)13-27-29-24(28-19-5-3-2-4-18(19)25(29)32)23-12-16-11-17(26)7-9-21(16)36-23/h2-13H,1H3. The zero-order valence-corrected chi connectivity index (χ0v) is 19.3. The van der Waals surface area contributed by atoms with E-state index < -0.39 is 22.1 Å². The van der Waals surface area contributed by atoms with Crippen molar-refractivity contribution in [3.05, 3.63) is 97.8 Å². The van der Waals surface area contributed by atoms with Crippen LogP contribution in [0.25, 0.3) is 33.5 Å². The molecule has 0 bridgehead atoms. The summed E-state index contributed by atoms with van der Waals surface area (Å²) < 4.78 is 11.9. The van der Waals surface area contributed by atoms with Gasteiger partial charge in [0.1, 0.15) is 5.58 Å². The molecule has 0 atom stereocenters. The van der Waals surface area contributed by atoms with Crippen molar-refractivity contribution in [2.24, 2.45) is 5.10 Å². The number of nitro benzene ring substituents is 1. The zero-order valence-electron chi connectivity index (χ0n) is 18.5. The van der Waals surface area contributed by atoms with Crippen molar-refractivity contribution < 1.29 is 18.9 Å². The summed E-state index contributed by atoms with van der Waals surface area (Å²) in [7, 11) is 0. The Morgan fingerprint density at radius 1 is 1.17 bits per heavy atom. The molecule has 0 N–H and O–H groups in total. The lowest BCUT2D eigenvalue weighted by Crippen LogP contribution is -2.20. The van der Waals surface area contributed by atoms with Crippen LogP contribution in [0.5, 0.6) is 5.75 Å². The van der Waals surface area contributed by atoms with Crippen molar-refractivity contribution in [2.45, 2.75) is 6.92 Å². The molecule has 3 aromatic carbocycles. The number of furan rings is 1. The van der Waals surface area contributed by atoms with E-state index in [0.29, 0.717) is 32.5 Å². The molecular weight excluding hydrogens is 488 g/mol. The van der Waals surface area contributed by atoms with Gasteiger partial charge in [0, 0.05) is 29.0 Å². The van der Waals surface area contributed by atoms with Gasteiger partial charge in [0.05, 0.1) is 22.0 Å². The van der Waals surface area contributed by atoms with E-state index in [-0.39, 0.29) is 17.3 Å². The predicted molar refractivity (Wildman–Crippen MR) is 134 cm³/mol. The topological polar surface area (TPSA) is 130 Å². The second-order valence-corrected chi connectivity index (χ2v) is 8.12. The van der Waals surface area contributed by atoms with Crippen LogP contribution in [0.2, 0.25) is 5.02 Å². The molecule has 0 saturated heterocycles. The Hall–Kier alpha value is -4.83. The first-order valence-electron chi connectivity index (χ1n) is 10.5. The molecule has 2 heterocycles. The summed E-state index contributed by atoms with van der Waals surface area (Å²) >= 11 is 6.09. The molecule has 36 heavy (non-hydrogen) atoms. The summed E-state index contributed by atoms with van der Waals surface area (Å²) in [4.78, 5) is 40.0. The molecule has 0 aliphatic heterocycles. The van der Waals surface area contributed by atoms with Gasteiger partial charge in [-0.25, -0.2) is 4.98 Å². The highest BCUT2D eigenvalue weighted by Crippen LogP contribution is 2.30. The minimum absolute atomic E-state index is 0.133. The average Bonchev–Trinajstić information content (AvgIpc) is 3.26. The number of aromatic nitrogens is 2. The van der Waals surface area contributed by atoms with Crippen LogP contribution in [-0.4, -0.2) is 26.8 Å². The number of hydrogen-bond donors (Lipinski definition) is 0. The Kier molecular flexibility index (Phi) is 5.79. The molecule has 0 aliphatic carbocycles. The van der Waals surface area contributed by atoms with Crippen LogP contribution in [0.4, 0.5) is 5.69 Å². The van der Waals surface area contributed by atoms with E-state index in [1.807, 2.05) is 0 Å². The minimum atomic E-state index is -0.690. The fraction of sp³-hybridized carbons (Fsp3) is 0.0400. The van der Waals surface area contributed by atoms with Gasteiger partial charge in [0.15, 0.2) is 5.76 Å². The third-order valence-corrected chi connectivity index (χ3v) is 5.44. The molecule has 178 valence electrons. The molecule has 0 spiro atoms. The summed E-state index contributed by atoms with van der Waals surface area (Å²) in [5.74, 6) is -0.474. The van der Waals surface area contributed by atoms with E-state index in [9.17, 15) is 19.7 Å². The molecule has 0 saturated carbocycles. The molecule has 0 fully saturated rings. The quantitative estimate of drug-likeness (QED) is 0.106. The van der Waals surface area contributed by atoms with Crippen LogP contribution in [-0.2, 0) is 4.79 Å². The minimum Gasteiger partial charge on any atom is -0.453 e. The highest BCUT2D eigenvalue weighted by atomic mass is 35.5. The average molecular weight is 503 g/mol. The highest BCUT2D eigenvalue weighted by Gasteiger charge is 2.19. The van der Waals surface area contributed by atoms with Crippen LogP contribution in [0.3, 0.4) is 0 Å². The molecule has 0 aliphatic rings. The lowest BCUT2D eigenvalue weighted by Gasteiger charge is -2.07. The van der Waals surface area contributed by atoms with Gasteiger partial charge in [-0.15, -0.1) is 0 Å². The number of halogens is 1. The second-order valence-electron chi connectivity index (χ2n) is 7.68. The van der Waals surface area contributed by atoms with Gasteiger partial charge in [-0.1, -0.05) is 23.7 Å². The summed E-state index contributed by atoms with van der Waals surface area (Å²) in [6.45, 7) is 1.14. The van der Waals surface area contributed by atoms with Gasteiger partial charge in [-0.05, 0) is 48.5 Å². The predicted octanol–water partition coefficient (Wildman–Crippen LogP) is 5.18. The Labute approximate surface area is 207 Å². The third kappa shape index (κ3) is 4.32. The van der Waals surface area contributed by atoms with Gasteiger partial charge >= 0.3 is 11.7 Å². The van der Waals surface area contributed by atoms with E-state index in [1.165, 1.54) is 24.4 Å². The van der Waals surface area contributed by atoms with Crippen LogP contribution < -0.4 is 10.3 Å². The summed E-state index contributed by atoms with van der Waals surface area (Å²) in [5, 5.41) is 17.3. The van der Waals surface area contributed by atoms with Crippen LogP contribution in [0.15, 0.2) is 81.0 Å². The zero-order chi connectivity index (χ0) is 25.4. The maximum atomic E-state index is 13.3. The Morgan fingerprint density at radius 3 is 2.75 bits per heavy atom. The number of nitrogens with zero attached hydrogens (tertiary/aromatic N) is 4. The van der Waals surface area contributed by atoms with E-state index in [2.05, 4.69) is 10.1 Å². The van der Waals surface area contributed by atoms with Gasteiger partial charge in [-0.3, -0.25) is 19.7 Å². The number of carbonyl (C=O) groups excluding carboxylic acids is 1. The van der Waals surface area contributed by atoms with Crippen LogP contribution in [0.1, 0.15) is 12.5 Å². The van der Waals surface area contributed by atoms with E-state index in [4.69, 9.17) is 20.8 Å². The molecule has 11 heteroatoms. The first-order chi connectivity index (χ1) is 17.3. The fourth-order valence-corrected chi connectivity index (χ4v) is 3.82. The van der Waals surface area contributed by atoms with Gasteiger partial charge in [0.2, 0.25) is 11.6 Å². The number of carbonyl (C=O) groups is 1. The molecule has 5 rings (SSSR count). The number of ether oxygens (including phenoxy) is 1. The summed E-state index contributed by atoms with van der Waals surface area (Å²) in [5.41, 5.74) is 0.400. The molecule has 10 nitrogen and oxygen atoms in total. The monoisotopic (exact) mass is 502 g/mol. The van der Waals surface area contributed by atoms with Crippen molar-refractivity contribution in [2.75, 3.05) is 0 Å². The van der Waals surface area contributed by atoms with Crippen LogP contribution in [0, 0.1) is 10.1 Å². The maximum Gasteiger partial charge on any atom is 0.312 e. The first kappa shape index (κ1) is 22.9. The Bertz CT molecular complexity index is 1770. The normalized spacial score (nSPS) is 11.4. The SMILES string of the molecule is CC(=O)Oc1ccc(C=Nn2c(-c3cc4cc(Cl)ccc4o3)nc3ccccc3c2=O)cc1[N+](=O)[O-]. The maximum absolute atomic E-state index is 13.3. The number of hydrogen-bond acceptors (Lipinski definition) is 8. The molecule has 5 aromatic rings. The number of esters is 1. The van der Waals surface area contributed by atoms with Gasteiger partial charge < -0.3 is 9.15 Å². The largest absolute Gasteiger partial charge is 0.453 e. The smallest absolute Gasteiger partial charge is 0.312 e. The second kappa shape index (κ2) is 9.08. The van der Waals surface area contributed by atoms with E-state index in [0.717, 1.165) is 11.6 Å². The van der Waals surface area contributed by atoms with E-state index in [1.54, 1.807) is 48.5 Å². The van der Waals surface area contributed by atoms with E-state index >= 15 is 0 Å². The Morgan fingerprint density at radius 2 is 1.97 bits per heavy atom. The van der Waals surface area contributed by atoms with Crippen LogP contribution >= 0.6 is 11.6 Å². The third-order valence-electron chi connectivity index (χ3n) is 5.21. The lowest BCUT2D eigenvalue weighted by molar-refractivity contribution is -0.385. The van der Waals surface area contributed by atoms with Crippen molar-refractivity contribution in [3.63, 3.8) is 0 Å². The summed E-state index contributed by atoms with van der Waals surface area (Å²) in [6, 6.07) is 17.5. The molecule has 0 amide bonds. The summed E-state index contributed by atoms with van der Waals surface area (Å²) in [6.07, 6.45) is 1.27. The molecule has 0 unspecified atom stereocenters. The Balaban J connectivity index is 1.66.